The molecular formula is C9H8BrN2. The van der Waals surface area contributed by atoms with E-state index < -0.39 is 0 Å². The second kappa shape index (κ2) is 2.90. The summed E-state index contributed by atoms with van der Waals surface area (Å²) in [4.78, 5) is 4.22. The third-order valence-electron chi connectivity index (χ3n) is 1.76. The lowest BCUT2D eigenvalue weighted by atomic mass is 10.3. The van der Waals surface area contributed by atoms with Crippen LogP contribution in [0.2, 0.25) is 0 Å². The lowest BCUT2D eigenvalue weighted by molar-refractivity contribution is 1.02. The molecule has 61 valence electrons. The van der Waals surface area contributed by atoms with E-state index in [-0.39, 0.29) is 0 Å². The molecule has 2 aromatic rings. The molecule has 2 aromatic heterocycles. The minimum absolute atomic E-state index is 0.735. The van der Waals surface area contributed by atoms with Crippen molar-refractivity contribution in [3.05, 3.63) is 41.7 Å². The van der Waals surface area contributed by atoms with Crippen molar-refractivity contribution in [1.82, 2.24) is 9.38 Å². The van der Waals surface area contributed by atoms with Gasteiger partial charge in [0.1, 0.15) is 0 Å². The maximum atomic E-state index is 4.22. The minimum Gasteiger partial charge on any atom is -0.307 e. The third kappa shape index (κ3) is 1.25. The topological polar surface area (TPSA) is 17.3 Å². The molecule has 3 heteroatoms. The van der Waals surface area contributed by atoms with Crippen LogP contribution < -0.4 is 0 Å². The first-order chi connectivity index (χ1) is 5.79. The van der Waals surface area contributed by atoms with Crippen LogP contribution in [0.25, 0.3) is 5.52 Å². The number of nitrogens with zero attached hydrogens (tertiary/aromatic N) is 2. The Morgan fingerprint density at radius 1 is 1.50 bits per heavy atom. The highest BCUT2D eigenvalue weighted by Crippen LogP contribution is 2.15. The largest absolute Gasteiger partial charge is 0.307 e. The van der Waals surface area contributed by atoms with Crippen LogP contribution in [0.3, 0.4) is 0 Å². The smallest absolute Gasteiger partial charge is 0.0994 e. The predicted octanol–water partition coefficient (Wildman–Crippen LogP) is 2.47. The van der Waals surface area contributed by atoms with E-state index in [2.05, 4.69) is 33.9 Å². The standard InChI is InChI=1S/C9H8BrN2/c1-2-8-4-9-3-7(10)5-12(9)6-11-8/h3-6H,1-2H2. The average molecular weight is 224 g/mol. The monoisotopic (exact) mass is 223 g/mol. The maximum absolute atomic E-state index is 4.22. The third-order valence-corrected chi connectivity index (χ3v) is 2.20. The summed E-state index contributed by atoms with van der Waals surface area (Å²) >= 11 is 3.41. The van der Waals surface area contributed by atoms with Crippen molar-refractivity contribution in [2.75, 3.05) is 0 Å². The van der Waals surface area contributed by atoms with Crippen molar-refractivity contribution < 1.29 is 0 Å². The summed E-state index contributed by atoms with van der Waals surface area (Å²) in [7, 11) is 0. The van der Waals surface area contributed by atoms with Gasteiger partial charge in [-0.25, -0.2) is 4.98 Å². The fraction of sp³-hybridized carbons (Fsp3) is 0.111. The van der Waals surface area contributed by atoms with E-state index in [4.69, 9.17) is 0 Å². The zero-order valence-electron chi connectivity index (χ0n) is 6.50. The molecule has 0 aliphatic heterocycles. The second-order valence-electron chi connectivity index (χ2n) is 2.62. The van der Waals surface area contributed by atoms with Gasteiger partial charge in [-0.3, -0.25) is 0 Å². The number of hydrogen-bond acceptors (Lipinski definition) is 1. The SMILES string of the molecule is [CH2]Cc1cc2cc(Br)cn2cn1. The first-order valence-electron chi connectivity index (χ1n) is 3.71. The van der Waals surface area contributed by atoms with Crippen LogP contribution in [-0.4, -0.2) is 9.38 Å². The molecule has 2 heterocycles. The molecule has 12 heavy (non-hydrogen) atoms. The predicted molar refractivity (Wildman–Crippen MR) is 52.0 cm³/mol. The van der Waals surface area contributed by atoms with Crippen LogP contribution in [0, 0.1) is 6.92 Å². The molecule has 0 fully saturated rings. The molecule has 0 unspecified atom stereocenters. The second-order valence-corrected chi connectivity index (χ2v) is 3.54. The zero-order valence-corrected chi connectivity index (χ0v) is 8.08. The van der Waals surface area contributed by atoms with Gasteiger partial charge in [0, 0.05) is 21.9 Å². The Labute approximate surface area is 79.4 Å². The summed E-state index contributed by atoms with van der Waals surface area (Å²) in [6.45, 7) is 3.79. The van der Waals surface area contributed by atoms with Gasteiger partial charge in [0.2, 0.25) is 0 Å². The highest BCUT2D eigenvalue weighted by molar-refractivity contribution is 9.10. The Balaban J connectivity index is 2.66. The van der Waals surface area contributed by atoms with Crippen molar-refractivity contribution in [3.8, 4) is 0 Å². The normalized spacial score (nSPS) is 10.8. The maximum Gasteiger partial charge on any atom is 0.0994 e. The van der Waals surface area contributed by atoms with Gasteiger partial charge in [0.05, 0.1) is 6.33 Å². The average Bonchev–Trinajstić information content (AvgIpc) is 2.43. The van der Waals surface area contributed by atoms with Gasteiger partial charge in [-0.15, -0.1) is 0 Å². The Morgan fingerprint density at radius 2 is 2.33 bits per heavy atom. The number of hydrogen-bond donors (Lipinski definition) is 0. The summed E-state index contributed by atoms with van der Waals surface area (Å²) in [6.07, 6.45) is 4.52. The first kappa shape index (κ1) is 7.80. The Bertz CT molecular complexity index is 406. The molecule has 0 saturated heterocycles. The van der Waals surface area contributed by atoms with Crippen LogP contribution in [0.4, 0.5) is 0 Å². The molecule has 0 saturated carbocycles. The highest BCUT2D eigenvalue weighted by atomic mass is 79.9. The Kier molecular flexibility index (Phi) is 1.89. The summed E-state index contributed by atoms with van der Waals surface area (Å²) in [5, 5.41) is 0. The Hall–Kier alpha value is -0.830. The van der Waals surface area contributed by atoms with Gasteiger partial charge in [-0.2, -0.15) is 0 Å². The summed E-state index contributed by atoms with van der Waals surface area (Å²) < 4.78 is 3.05. The van der Waals surface area contributed by atoms with E-state index in [1.165, 1.54) is 0 Å². The molecule has 0 bridgehead atoms. The summed E-state index contributed by atoms with van der Waals surface area (Å²) in [5.74, 6) is 0. The lowest BCUT2D eigenvalue weighted by Gasteiger charge is -1.96. The molecule has 0 amide bonds. The van der Waals surface area contributed by atoms with Crippen molar-refractivity contribution in [2.24, 2.45) is 0 Å². The molecule has 1 radical (unpaired) electrons. The molecule has 0 aromatic carbocycles. The molecule has 0 spiro atoms. The van der Waals surface area contributed by atoms with Crippen molar-refractivity contribution >= 4 is 21.4 Å². The summed E-state index contributed by atoms with van der Waals surface area (Å²) in [5.41, 5.74) is 2.17. The van der Waals surface area contributed by atoms with E-state index in [0.29, 0.717) is 0 Å². The van der Waals surface area contributed by atoms with E-state index in [1.807, 2.05) is 16.7 Å². The molecular weight excluding hydrogens is 216 g/mol. The minimum atomic E-state index is 0.735. The van der Waals surface area contributed by atoms with Gasteiger partial charge in [-0.05, 0) is 41.4 Å². The van der Waals surface area contributed by atoms with E-state index in [9.17, 15) is 0 Å². The van der Waals surface area contributed by atoms with Gasteiger partial charge in [-0.1, -0.05) is 0 Å². The fourth-order valence-electron chi connectivity index (χ4n) is 1.16. The molecule has 2 nitrogen and oxygen atoms in total. The van der Waals surface area contributed by atoms with Gasteiger partial charge < -0.3 is 4.40 Å². The van der Waals surface area contributed by atoms with E-state index >= 15 is 0 Å². The van der Waals surface area contributed by atoms with Crippen LogP contribution in [-0.2, 0) is 6.42 Å². The molecule has 0 atom stereocenters. The molecule has 0 aliphatic rings. The number of rotatable bonds is 1. The van der Waals surface area contributed by atoms with Crippen LogP contribution in [0.5, 0.6) is 0 Å². The summed E-state index contributed by atoms with van der Waals surface area (Å²) in [6, 6.07) is 4.10. The Morgan fingerprint density at radius 3 is 3.08 bits per heavy atom. The van der Waals surface area contributed by atoms with E-state index in [0.717, 1.165) is 22.1 Å². The van der Waals surface area contributed by atoms with Crippen LogP contribution >= 0.6 is 15.9 Å². The van der Waals surface area contributed by atoms with Gasteiger partial charge in [0.25, 0.3) is 0 Å². The zero-order chi connectivity index (χ0) is 8.55. The van der Waals surface area contributed by atoms with Gasteiger partial charge in [0.15, 0.2) is 0 Å². The molecule has 2 rings (SSSR count). The van der Waals surface area contributed by atoms with Crippen molar-refractivity contribution in [3.63, 3.8) is 0 Å². The van der Waals surface area contributed by atoms with Crippen molar-refractivity contribution in [2.45, 2.75) is 6.42 Å². The van der Waals surface area contributed by atoms with Gasteiger partial charge >= 0.3 is 0 Å². The lowest BCUT2D eigenvalue weighted by Crippen LogP contribution is -1.90. The van der Waals surface area contributed by atoms with Crippen molar-refractivity contribution in [1.29, 1.82) is 0 Å². The molecule has 0 N–H and O–H groups in total. The highest BCUT2D eigenvalue weighted by Gasteiger charge is 1.97. The quantitative estimate of drug-likeness (QED) is 0.727. The number of aromatic nitrogens is 2. The number of halogens is 1. The van der Waals surface area contributed by atoms with Crippen LogP contribution in [0.15, 0.2) is 29.1 Å². The fourth-order valence-corrected chi connectivity index (χ4v) is 1.61. The first-order valence-corrected chi connectivity index (χ1v) is 4.50. The molecule has 0 aliphatic carbocycles. The number of fused-ring (bicyclic) bond motifs is 1. The van der Waals surface area contributed by atoms with Crippen LogP contribution in [0.1, 0.15) is 5.69 Å². The van der Waals surface area contributed by atoms with E-state index in [1.54, 1.807) is 6.33 Å².